The summed E-state index contributed by atoms with van der Waals surface area (Å²) < 4.78 is 25.2. The highest BCUT2D eigenvalue weighted by Crippen LogP contribution is 2.32. The normalized spacial score (nSPS) is 11.1. The van der Waals surface area contributed by atoms with Crippen molar-refractivity contribution in [2.75, 3.05) is 22.9 Å². The maximum absolute atomic E-state index is 12.6. The van der Waals surface area contributed by atoms with Gasteiger partial charge >= 0.3 is 0 Å². The number of anilines is 2. The molecular formula is C21H20N2O4S. The van der Waals surface area contributed by atoms with Crippen molar-refractivity contribution in [3.63, 3.8) is 0 Å². The number of benzene rings is 3. The second-order valence-electron chi connectivity index (χ2n) is 6.33. The quantitative estimate of drug-likeness (QED) is 0.688. The summed E-state index contributed by atoms with van der Waals surface area (Å²) in [6.45, 7) is 0. The summed E-state index contributed by atoms with van der Waals surface area (Å²) in [5.74, 6) is -0.353. The van der Waals surface area contributed by atoms with Crippen molar-refractivity contribution in [1.82, 2.24) is 0 Å². The van der Waals surface area contributed by atoms with Crippen molar-refractivity contribution in [1.29, 1.82) is 0 Å². The van der Waals surface area contributed by atoms with Crippen molar-refractivity contribution < 1.29 is 18.3 Å². The minimum atomic E-state index is -3.51. The molecule has 144 valence electrons. The van der Waals surface area contributed by atoms with E-state index in [1.165, 1.54) is 31.3 Å². The number of sulfonamides is 1. The largest absolute Gasteiger partial charge is 0.508 e. The summed E-state index contributed by atoms with van der Waals surface area (Å²) in [5.41, 5.74) is 2.85. The van der Waals surface area contributed by atoms with E-state index < -0.39 is 15.9 Å². The molecule has 0 spiro atoms. The fourth-order valence-electron chi connectivity index (χ4n) is 2.71. The molecule has 28 heavy (non-hydrogen) atoms. The Bertz CT molecular complexity index is 1100. The molecule has 0 saturated carbocycles. The van der Waals surface area contributed by atoms with E-state index in [2.05, 4.69) is 5.32 Å². The summed E-state index contributed by atoms with van der Waals surface area (Å²) in [4.78, 5) is 12.6. The molecule has 0 unspecified atom stereocenters. The number of phenols is 1. The van der Waals surface area contributed by atoms with Crippen molar-refractivity contribution in [2.24, 2.45) is 0 Å². The summed E-state index contributed by atoms with van der Waals surface area (Å²) in [7, 11) is -2.08. The lowest BCUT2D eigenvalue weighted by molar-refractivity contribution is 0.102. The number of hydrogen-bond donors (Lipinski definition) is 2. The molecule has 0 radical (unpaired) electrons. The molecule has 3 rings (SSSR count). The molecule has 1 amide bonds. The highest BCUT2D eigenvalue weighted by Gasteiger charge is 2.18. The van der Waals surface area contributed by atoms with Gasteiger partial charge < -0.3 is 10.4 Å². The Labute approximate surface area is 164 Å². The van der Waals surface area contributed by atoms with E-state index in [0.29, 0.717) is 16.9 Å². The van der Waals surface area contributed by atoms with Gasteiger partial charge in [-0.2, -0.15) is 0 Å². The number of hydrogen-bond acceptors (Lipinski definition) is 4. The number of aromatic hydroxyl groups is 1. The predicted octanol–water partition coefficient (Wildman–Crippen LogP) is 3.71. The Morgan fingerprint density at radius 3 is 2.18 bits per heavy atom. The standard InChI is InChI=1S/C21H20N2O4S/c1-23(28(2,26)27)20-13-10-17(15-6-4-3-5-7-15)14-19(20)22-21(25)16-8-11-18(24)12-9-16/h3-14,24H,1-2H3,(H,22,25). The molecule has 0 bridgehead atoms. The van der Waals surface area contributed by atoms with Gasteiger partial charge in [-0.25, -0.2) is 8.42 Å². The Morgan fingerprint density at radius 2 is 1.57 bits per heavy atom. The highest BCUT2D eigenvalue weighted by atomic mass is 32.2. The van der Waals surface area contributed by atoms with Crippen LogP contribution in [-0.4, -0.2) is 32.7 Å². The van der Waals surface area contributed by atoms with Gasteiger partial charge in [0.15, 0.2) is 0 Å². The van der Waals surface area contributed by atoms with Crippen LogP contribution in [-0.2, 0) is 10.0 Å². The van der Waals surface area contributed by atoms with Crippen LogP contribution in [0.4, 0.5) is 11.4 Å². The highest BCUT2D eigenvalue weighted by molar-refractivity contribution is 7.92. The molecule has 0 aromatic heterocycles. The van der Waals surface area contributed by atoms with Gasteiger partial charge in [0.1, 0.15) is 5.75 Å². The minimum Gasteiger partial charge on any atom is -0.508 e. The third-order valence-corrected chi connectivity index (χ3v) is 5.51. The van der Waals surface area contributed by atoms with Gasteiger partial charge in [-0.15, -0.1) is 0 Å². The van der Waals surface area contributed by atoms with E-state index in [4.69, 9.17) is 0 Å². The first-order valence-electron chi connectivity index (χ1n) is 8.49. The number of rotatable bonds is 5. The molecule has 6 nitrogen and oxygen atoms in total. The molecule has 0 aliphatic heterocycles. The lowest BCUT2D eigenvalue weighted by Crippen LogP contribution is -2.26. The molecule has 3 aromatic rings. The average molecular weight is 396 g/mol. The minimum absolute atomic E-state index is 0.0557. The predicted molar refractivity (Wildman–Crippen MR) is 111 cm³/mol. The maximum Gasteiger partial charge on any atom is 0.255 e. The molecule has 0 fully saturated rings. The van der Waals surface area contributed by atoms with Gasteiger partial charge in [0.25, 0.3) is 5.91 Å². The molecule has 0 atom stereocenters. The zero-order chi connectivity index (χ0) is 20.3. The second-order valence-corrected chi connectivity index (χ2v) is 8.34. The first-order valence-corrected chi connectivity index (χ1v) is 10.3. The number of carbonyl (C=O) groups excluding carboxylic acids is 1. The van der Waals surface area contributed by atoms with E-state index in [0.717, 1.165) is 21.7 Å². The SMILES string of the molecule is CN(c1ccc(-c2ccccc2)cc1NC(=O)c1ccc(O)cc1)S(C)(=O)=O. The van der Waals surface area contributed by atoms with E-state index in [1.54, 1.807) is 12.1 Å². The van der Waals surface area contributed by atoms with Crippen molar-refractivity contribution in [3.05, 3.63) is 78.4 Å². The van der Waals surface area contributed by atoms with Crippen LogP contribution in [0.15, 0.2) is 72.8 Å². The van der Waals surface area contributed by atoms with Crippen LogP contribution in [0.5, 0.6) is 5.75 Å². The third-order valence-electron chi connectivity index (χ3n) is 4.32. The van der Waals surface area contributed by atoms with Crippen LogP contribution in [0.3, 0.4) is 0 Å². The number of nitrogens with one attached hydrogen (secondary N) is 1. The number of phenolic OH excluding ortho intramolecular Hbond substituents is 1. The lowest BCUT2D eigenvalue weighted by atomic mass is 10.0. The molecule has 3 aromatic carbocycles. The number of nitrogens with zero attached hydrogens (tertiary/aromatic N) is 1. The fraction of sp³-hybridized carbons (Fsp3) is 0.0952. The van der Waals surface area contributed by atoms with E-state index in [1.807, 2.05) is 36.4 Å². The van der Waals surface area contributed by atoms with Gasteiger partial charge in [0.2, 0.25) is 10.0 Å². The molecule has 0 saturated heterocycles. The molecule has 0 aliphatic carbocycles. The van der Waals surface area contributed by atoms with Crippen molar-refractivity contribution >= 4 is 27.3 Å². The van der Waals surface area contributed by atoms with E-state index in [-0.39, 0.29) is 5.75 Å². The van der Waals surface area contributed by atoms with Crippen LogP contribution in [0.2, 0.25) is 0 Å². The average Bonchev–Trinajstić information content (AvgIpc) is 2.68. The Balaban J connectivity index is 2.04. The summed E-state index contributed by atoms with van der Waals surface area (Å²) in [6, 6.07) is 20.6. The molecular weight excluding hydrogens is 376 g/mol. The first-order chi connectivity index (χ1) is 13.3. The zero-order valence-corrected chi connectivity index (χ0v) is 16.3. The maximum atomic E-state index is 12.6. The van der Waals surface area contributed by atoms with Gasteiger partial charge in [-0.1, -0.05) is 36.4 Å². The second kappa shape index (κ2) is 7.74. The molecule has 0 heterocycles. The van der Waals surface area contributed by atoms with Crippen LogP contribution >= 0.6 is 0 Å². The Morgan fingerprint density at radius 1 is 0.929 bits per heavy atom. The third kappa shape index (κ3) is 4.32. The molecule has 7 heteroatoms. The van der Waals surface area contributed by atoms with E-state index >= 15 is 0 Å². The summed E-state index contributed by atoms with van der Waals surface area (Å²) >= 11 is 0. The smallest absolute Gasteiger partial charge is 0.255 e. The first kappa shape index (κ1) is 19.4. The van der Waals surface area contributed by atoms with Gasteiger partial charge in [-0.3, -0.25) is 9.10 Å². The fourth-order valence-corrected chi connectivity index (χ4v) is 3.22. The van der Waals surface area contributed by atoms with Crippen molar-refractivity contribution in [3.8, 4) is 16.9 Å². The number of carbonyl (C=O) groups is 1. The molecule has 2 N–H and O–H groups in total. The van der Waals surface area contributed by atoms with Crippen LogP contribution in [0.25, 0.3) is 11.1 Å². The Hall–Kier alpha value is -3.32. The van der Waals surface area contributed by atoms with E-state index in [9.17, 15) is 18.3 Å². The van der Waals surface area contributed by atoms with Gasteiger partial charge in [0, 0.05) is 12.6 Å². The topological polar surface area (TPSA) is 86.7 Å². The Kier molecular flexibility index (Phi) is 5.37. The van der Waals surface area contributed by atoms with Gasteiger partial charge in [-0.05, 0) is 47.5 Å². The number of amides is 1. The summed E-state index contributed by atoms with van der Waals surface area (Å²) in [5, 5.41) is 12.2. The lowest BCUT2D eigenvalue weighted by Gasteiger charge is -2.21. The van der Waals surface area contributed by atoms with Crippen LogP contribution < -0.4 is 9.62 Å². The monoisotopic (exact) mass is 396 g/mol. The molecule has 0 aliphatic rings. The van der Waals surface area contributed by atoms with Crippen LogP contribution in [0.1, 0.15) is 10.4 Å². The van der Waals surface area contributed by atoms with Gasteiger partial charge in [0.05, 0.1) is 17.6 Å². The van der Waals surface area contributed by atoms with Crippen LogP contribution in [0, 0.1) is 0 Å². The summed E-state index contributed by atoms with van der Waals surface area (Å²) in [6.07, 6.45) is 1.10. The zero-order valence-electron chi connectivity index (χ0n) is 15.5. The van der Waals surface area contributed by atoms with Crippen molar-refractivity contribution in [2.45, 2.75) is 0 Å².